The Morgan fingerprint density at radius 3 is 2.60 bits per heavy atom. The Balaban J connectivity index is 2.43. The minimum absolute atomic E-state index is 0.422. The van der Waals surface area contributed by atoms with Gasteiger partial charge in [-0.3, -0.25) is 4.99 Å². The van der Waals surface area contributed by atoms with Crippen LogP contribution < -0.4 is 0 Å². The highest BCUT2D eigenvalue weighted by molar-refractivity contribution is 7.81. The van der Waals surface area contributed by atoms with E-state index < -0.39 is 0 Å². The molecule has 0 N–H and O–H groups in total. The topological polar surface area (TPSA) is 12.4 Å². The van der Waals surface area contributed by atoms with E-state index in [0.717, 1.165) is 0 Å². The van der Waals surface area contributed by atoms with Gasteiger partial charge in [0.2, 0.25) is 0 Å². The molecule has 1 nitrogen and oxygen atoms in total. The van der Waals surface area contributed by atoms with Crippen molar-refractivity contribution in [3.05, 3.63) is 0 Å². The minimum atomic E-state index is 0.422. The van der Waals surface area contributed by atoms with Crippen LogP contribution in [0.2, 0.25) is 0 Å². The van der Waals surface area contributed by atoms with E-state index in [2.05, 4.69) is 24.3 Å². The van der Waals surface area contributed by atoms with Gasteiger partial charge in [-0.05, 0) is 19.6 Å². The molecule has 2 heteroatoms. The lowest BCUT2D eigenvalue weighted by molar-refractivity contribution is 0.605. The van der Waals surface area contributed by atoms with Crippen molar-refractivity contribution in [3.8, 4) is 0 Å². The van der Waals surface area contributed by atoms with Crippen LogP contribution >= 0.6 is 12.6 Å². The summed E-state index contributed by atoms with van der Waals surface area (Å²) in [6, 6.07) is 0.422. The van der Waals surface area contributed by atoms with Gasteiger partial charge in [0.25, 0.3) is 0 Å². The second-order valence-electron chi connectivity index (χ2n) is 2.96. The zero-order valence-corrected chi connectivity index (χ0v) is 7.19. The molecule has 2 atom stereocenters. The lowest BCUT2D eigenvalue weighted by atomic mass is 10.1. The maximum atomic E-state index is 4.47. The fourth-order valence-corrected chi connectivity index (χ4v) is 1.91. The molecular formula is C8H15NS. The van der Waals surface area contributed by atoms with E-state index in [-0.39, 0.29) is 0 Å². The van der Waals surface area contributed by atoms with E-state index in [1.807, 2.05) is 0 Å². The van der Waals surface area contributed by atoms with Gasteiger partial charge in [-0.25, -0.2) is 0 Å². The van der Waals surface area contributed by atoms with Crippen molar-refractivity contribution in [1.82, 2.24) is 0 Å². The maximum absolute atomic E-state index is 4.47. The standard InChI is InChI=1S/C8H15NS/c1-9-7-5-3-2-4-6-8(7)10/h7-8,10H,1-6H2. The molecule has 0 aliphatic heterocycles. The van der Waals surface area contributed by atoms with Gasteiger partial charge in [-0.15, -0.1) is 0 Å². The molecule has 1 fully saturated rings. The summed E-state index contributed by atoms with van der Waals surface area (Å²) in [6.07, 6.45) is 6.38. The van der Waals surface area contributed by atoms with Crippen molar-refractivity contribution in [3.63, 3.8) is 0 Å². The largest absolute Gasteiger partial charge is 0.296 e. The van der Waals surface area contributed by atoms with E-state index >= 15 is 0 Å². The first-order chi connectivity index (χ1) is 4.84. The number of aliphatic imine (C=N–C) groups is 1. The zero-order chi connectivity index (χ0) is 7.40. The average molecular weight is 157 g/mol. The van der Waals surface area contributed by atoms with Crippen LogP contribution in [0.4, 0.5) is 0 Å². The maximum Gasteiger partial charge on any atom is 0.0608 e. The lowest BCUT2D eigenvalue weighted by Gasteiger charge is -2.14. The summed E-state index contributed by atoms with van der Waals surface area (Å²) in [4.78, 5) is 4.06. The van der Waals surface area contributed by atoms with E-state index in [9.17, 15) is 0 Å². The van der Waals surface area contributed by atoms with Crippen molar-refractivity contribution in [2.24, 2.45) is 4.99 Å². The average Bonchev–Trinajstić information content (AvgIpc) is 2.13. The zero-order valence-electron chi connectivity index (χ0n) is 6.29. The molecule has 0 radical (unpaired) electrons. The number of hydrogen-bond acceptors (Lipinski definition) is 2. The van der Waals surface area contributed by atoms with Crippen LogP contribution in [-0.2, 0) is 0 Å². The number of rotatable bonds is 1. The van der Waals surface area contributed by atoms with Crippen LogP contribution in [0.3, 0.4) is 0 Å². The van der Waals surface area contributed by atoms with Crippen molar-refractivity contribution in [1.29, 1.82) is 0 Å². The van der Waals surface area contributed by atoms with E-state index in [1.54, 1.807) is 0 Å². The molecule has 10 heavy (non-hydrogen) atoms. The molecule has 0 saturated heterocycles. The van der Waals surface area contributed by atoms with Gasteiger partial charge in [0.05, 0.1) is 6.04 Å². The van der Waals surface area contributed by atoms with Gasteiger partial charge < -0.3 is 0 Å². The Kier molecular flexibility index (Phi) is 3.26. The minimum Gasteiger partial charge on any atom is -0.296 e. The Morgan fingerprint density at radius 1 is 1.20 bits per heavy atom. The van der Waals surface area contributed by atoms with Crippen molar-refractivity contribution < 1.29 is 0 Å². The molecule has 1 saturated carbocycles. The van der Waals surface area contributed by atoms with Gasteiger partial charge in [-0.1, -0.05) is 19.3 Å². The SMILES string of the molecule is C=NC1CCCCCC1S. The number of nitrogens with zero attached hydrogens (tertiary/aromatic N) is 1. The van der Waals surface area contributed by atoms with Gasteiger partial charge in [-0.2, -0.15) is 12.6 Å². The second kappa shape index (κ2) is 4.02. The molecule has 0 spiro atoms. The Hall–Kier alpha value is 0.0200. The third-order valence-electron chi connectivity index (χ3n) is 2.18. The molecule has 1 aliphatic rings. The summed E-state index contributed by atoms with van der Waals surface area (Å²) < 4.78 is 0. The Morgan fingerprint density at radius 2 is 1.90 bits per heavy atom. The molecule has 2 unspecified atom stereocenters. The van der Waals surface area contributed by atoms with Gasteiger partial charge >= 0.3 is 0 Å². The van der Waals surface area contributed by atoms with Gasteiger partial charge in [0.1, 0.15) is 0 Å². The molecule has 1 rings (SSSR count). The van der Waals surface area contributed by atoms with Crippen molar-refractivity contribution in [2.75, 3.05) is 0 Å². The monoisotopic (exact) mass is 157 g/mol. The van der Waals surface area contributed by atoms with Crippen molar-refractivity contribution >= 4 is 19.3 Å². The van der Waals surface area contributed by atoms with Crippen LogP contribution in [0.5, 0.6) is 0 Å². The summed E-state index contributed by atoms with van der Waals surface area (Å²) in [5.41, 5.74) is 0. The first-order valence-corrected chi connectivity index (χ1v) is 4.50. The third-order valence-corrected chi connectivity index (χ3v) is 2.78. The van der Waals surface area contributed by atoms with Crippen LogP contribution in [-0.4, -0.2) is 18.0 Å². The number of hydrogen-bond donors (Lipinski definition) is 1. The molecule has 0 bridgehead atoms. The van der Waals surface area contributed by atoms with Crippen LogP contribution in [0.25, 0.3) is 0 Å². The summed E-state index contributed by atoms with van der Waals surface area (Å²) in [7, 11) is 0. The molecule has 58 valence electrons. The van der Waals surface area contributed by atoms with E-state index in [0.29, 0.717) is 11.3 Å². The predicted molar refractivity (Wildman–Crippen MR) is 49.2 cm³/mol. The van der Waals surface area contributed by atoms with Gasteiger partial charge in [0, 0.05) is 5.25 Å². The molecule has 1 aliphatic carbocycles. The number of thiol groups is 1. The first-order valence-electron chi connectivity index (χ1n) is 3.98. The molecular weight excluding hydrogens is 142 g/mol. The van der Waals surface area contributed by atoms with E-state index in [4.69, 9.17) is 0 Å². The third kappa shape index (κ3) is 2.01. The summed E-state index contributed by atoms with van der Waals surface area (Å²) in [5, 5.41) is 0.472. The highest BCUT2D eigenvalue weighted by Gasteiger charge is 2.18. The highest BCUT2D eigenvalue weighted by Crippen LogP contribution is 2.23. The molecule has 0 heterocycles. The summed E-state index contributed by atoms with van der Waals surface area (Å²) >= 11 is 4.47. The van der Waals surface area contributed by atoms with Gasteiger partial charge in [0.15, 0.2) is 0 Å². The fraction of sp³-hybridized carbons (Fsp3) is 0.875. The van der Waals surface area contributed by atoms with Crippen molar-refractivity contribution in [2.45, 2.75) is 43.4 Å². The smallest absolute Gasteiger partial charge is 0.0608 e. The Labute approximate surface area is 68.3 Å². The van der Waals surface area contributed by atoms with Crippen LogP contribution in [0, 0.1) is 0 Å². The molecule has 0 aromatic rings. The first kappa shape index (κ1) is 8.12. The van der Waals surface area contributed by atoms with Crippen LogP contribution in [0.1, 0.15) is 32.1 Å². The second-order valence-corrected chi connectivity index (χ2v) is 3.62. The molecule has 0 aromatic carbocycles. The van der Waals surface area contributed by atoms with Crippen LogP contribution in [0.15, 0.2) is 4.99 Å². The summed E-state index contributed by atoms with van der Waals surface area (Å²) in [6.45, 7) is 3.58. The normalized spacial score (nSPS) is 34.9. The quantitative estimate of drug-likeness (QED) is 0.341. The highest BCUT2D eigenvalue weighted by atomic mass is 32.1. The molecule has 0 amide bonds. The predicted octanol–water partition coefficient (Wildman–Crippen LogP) is 2.32. The summed E-state index contributed by atoms with van der Waals surface area (Å²) in [5.74, 6) is 0. The lowest BCUT2D eigenvalue weighted by Crippen LogP contribution is -2.16. The van der Waals surface area contributed by atoms with E-state index in [1.165, 1.54) is 32.1 Å². The molecule has 0 aromatic heterocycles. The fourth-order valence-electron chi connectivity index (χ4n) is 1.48. The Bertz CT molecular complexity index is 114.